The van der Waals surface area contributed by atoms with E-state index in [0.29, 0.717) is 6.10 Å². The first kappa shape index (κ1) is 28.0. The summed E-state index contributed by atoms with van der Waals surface area (Å²) in [5.41, 5.74) is 1.22. The van der Waals surface area contributed by atoms with Crippen LogP contribution in [0.5, 0.6) is 5.75 Å². The van der Waals surface area contributed by atoms with E-state index in [4.69, 9.17) is 4.74 Å². The lowest BCUT2D eigenvalue weighted by Gasteiger charge is -2.20. The summed E-state index contributed by atoms with van der Waals surface area (Å²) in [6.45, 7) is 4.58. The van der Waals surface area contributed by atoms with Gasteiger partial charge in [-0.3, -0.25) is 0 Å². The number of rotatable bonds is 20. The van der Waals surface area contributed by atoms with Gasteiger partial charge in [0.2, 0.25) is 0 Å². The molecule has 0 aliphatic heterocycles. The molecular formula is C27H46Br2O. The lowest BCUT2D eigenvalue weighted by molar-refractivity contribution is 0.172. The summed E-state index contributed by atoms with van der Waals surface area (Å²) in [4.78, 5) is 0. The number of unbranched alkanes of at least 4 members (excludes halogenated alkanes) is 13. The highest BCUT2D eigenvalue weighted by molar-refractivity contribution is 9.24. The molecule has 1 nitrogen and oxygen atoms in total. The summed E-state index contributed by atoms with van der Waals surface area (Å²) in [5.74, 6) is 1.02. The van der Waals surface area contributed by atoms with Gasteiger partial charge in [-0.1, -0.05) is 141 Å². The standard InChI is InChI=1S/C27H46Br2O/c1-3-5-7-9-11-12-13-15-17-21-25(20-16-14-10-8-6-4-2)30-26-22-18-19-24(23-26)27(28)29/h18-19,22-23,25,27H,3-17,20-21H2,1-2H3. The second kappa shape index (κ2) is 19.6. The van der Waals surface area contributed by atoms with Crippen LogP contribution in [0.1, 0.15) is 132 Å². The smallest absolute Gasteiger partial charge is 0.120 e. The van der Waals surface area contributed by atoms with Gasteiger partial charge in [-0.2, -0.15) is 0 Å². The molecule has 0 aromatic heterocycles. The molecule has 30 heavy (non-hydrogen) atoms. The molecule has 0 radical (unpaired) electrons. The van der Waals surface area contributed by atoms with Crippen LogP contribution in [0.2, 0.25) is 0 Å². The van der Waals surface area contributed by atoms with Crippen molar-refractivity contribution < 1.29 is 4.74 Å². The van der Waals surface area contributed by atoms with Gasteiger partial charge in [-0.05, 0) is 43.4 Å². The normalized spacial score (nSPS) is 12.4. The zero-order valence-electron chi connectivity index (χ0n) is 19.6. The largest absolute Gasteiger partial charge is 0.490 e. The quantitative estimate of drug-likeness (QED) is 0.117. The first-order chi connectivity index (χ1) is 14.7. The molecule has 0 saturated carbocycles. The van der Waals surface area contributed by atoms with Crippen molar-refractivity contribution in [2.24, 2.45) is 0 Å². The molecule has 3 heteroatoms. The highest BCUT2D eigenvalue weighted by atomic mass is 79.9. The summed E-state index contributed by atoms with van der Waals surface area (Å²) in [7, 11) is 0. The van der Waals surface area contributed by atoms with E-state index in [9.17, 15) is 0 Å². The van der Waals surface area contributed by atoms with Crippen LogP contribution in [0.15, 0.2) is 24.3 Å². The fraction of sp³-hybridized carbons (Fsp3) is 0.778. The molecule has 0 N–H and O–H groups in total. The number of halogens is 2. The van der Waals surface area contributed by atoms with E-state index in [2.05, 4.69) is 70.0 Å². The third-order valence-corrected chi connectivity index (χ3v) is 6.98. The van der Waals surface area contributed by atoms with Gasteiger partial charge in [-0.25, -0.2) is 0 Å². The van der Waals surface area contributed by atoms with Crippen LogP contribution in [0.4, 0.5) is 0 Å². The molecular weight excluding hydrogens is 500 g/mol. The molecule has 0 amide bonds. The Balaban J connectivity index is 2.36. The van der Waals surface area contributed by atoms with Crippen LogP contribution < -0.4 is 4.74 Å². The maximum absolute atomic E-state index is 6.46. The molecule has 1 unspecified atom stereocenters. The van der Waals surface area contributed by atoms with Crippen LogP contribution >= 0.6 is 31.9 Å². The van der Waals surface area contributed by atoms with Gasteiger partial charge < -0.3 is 4.74 Å². The lowest BCUT2D eigenvalue weighted by atomic mass is 10.0. The van der Waals surface area contributed by atoms with E-state index in [1.54, 1.807) is 0 Å². The van der Waals surface area contributed by atoms with Crippen molar-refractivity contribution in [2.75, 3.05) is 0 Å². The Morgan fingerprint density at radius 2 is 1.13 bits per heavy atom. The Bertz CT molecular complexity index is 503. The first-order valence-corrected chi connectivity index (χ1v) is 14.5. The molecule has 0 heterocycles. The molecule has 0 aliphatic carbocycles. The molecule has 1 aromatic rings. The Labute approximate surface area is 204 Å². The molecule has 174 valence electrons. The fourth-order valence-corrected chi connectivity index (χ4v) is 4.58. The number of ether oxygens (including phenoxy) is 1. The van der Waals surface area contributed by atoms with Crippen LogP contribution in [0.25, 0.3) is 0 Å². The van der Waals surface area contributed by atoms with Gasteiger partial charge in [0, 0.05) is 0 Å². The van der Waals surface area contributed by atoms with Crippen LogP contribution in [0, 0.1) is 0 Å². The SMILES string of the molecule is CCCCCCCCCCCC(CCCCCCCC)Oc1cccc(C(Br)Br)c1. The monoisotopic (exact) mass is 544 g/mol. The Morgan fingerprint density at radius 3 is 1.60 bits per heavy atom. The second-order valence-corrected chi connectivity index (χ2v) is 11.8. The summed E-state index contributed by atoms with van der Waals surface area (Å²) >= 11 is 7.20. The topological polar surface area (TPSA) is 9.23 Å². The van der Waals surface area contributed by atoms with E-state index in [1.807, 2.05) is 0 Å². The van der Waals surface area contributed by atoms with Crippen molar-refractivity contribution in [3.8, 4) is 5.75 Å². The van der Waals surface area contributed by atoms with Gasteiger partial charge in [-0.15, -0.1) is 0 Å². The molecule has 0 bridgehead atoms. The van der Waals surface area contributed by atoms with E-state index in [-0.39, 0.29) is 3.74 Å². The molecule has 1 atom stereocenters. The minimum absolute atomic E-state index is 0.183. The molecule has 0 fully saturated rings. The van der Waals surface area contributed by atoms with Crippen molar-refractivity contribution in [2.45, 2.75) is 133 Å². The van der Waals surface area contributed by atoms with Gasteiger partial charge in [0.1, 0.15) is 5.75 Å². The molecule has 0 aliphatic rings. The van der Waals surface area contributed by atoms with Gasteiger partial charge in [0.25, 0.3) is 0 Å². The van der Waals surface area contributed by atoms with Gasteiger partial charge >= 0.3 is 0 Å². The zero-order valence-corrected chi connectivity index (χ0v) is 22.8. The third kappa shape index (κ3) is 14.9. The maximum atomic E-state index is 6.46. The lowest BCUT2D eigenvalue weighted by Crippen LogP contribution is -2.16. The van der Waals surface area contributed by atoms with E-state index < -0.39 is 0 Å². The van der Waals surface area contributed by atoms with Crippen LogP contribution in [-0.4, -0.2) is 6.10 Å². The minimum atomic E-state index is 0.183. The summed E-state index contributed by atoms with van der Waals surface area (Å²) in [6, 6.07) is 8.50. The highest BCUT2D eigenvalue weighted by Gasteiger charge is 2.12. The summed E-state index contributed by atoms with van der Waals surface area (Å²) in [5, 5.41) is 0. The first-order valence-electron chi connectivity index (χ1n) is 12.7. The van der Waals surface area contributed by atoms with Crippen LogP contribution in [-0.2, 0) is 0 Å². The number of hydrogen-bond acceptors (Lipinski definition) is 1. The van der Waals surface area contributed by atoms with Crippen molar-refractivity contribution in [1.82, 2.24) is 0 Å². The van der Waals surface area contributed by atoms with Crippen molar-refractivity contribution in [3.63, 3.8) is 0 Å². The van der Waals surface area contributed by atoms with Gasteiger partial charge in [0.05, 0.1) is 9.84 Å². The minimum Gasteiger partial charge on any atom is -0.490 e. The van der Waals surface area contributed by atoms with E-state index in [1.165, 1.54) is 115 Å². The maximum Gasteiger partial charge on any atom is 0.120 e. The van der Waals surface area contributed by atoms with Gasteiger partial charge in [0.15, 0.2) is 0 Å². The molecule has 1 rings (SSSR count). The Morgan fingerprint density at radius 1 is 0.667 bits per heavy atom. The Kier molecular flexibility index (Phi) is 18.3. The van der Waals surface area contributed by atoms with Crippen molar-refractivity contribution in [3.05, 3.63) is 29.8 Å². The predicted octanol–water partition coefficient (Wildman–Crippen LogP) is 10.9. The number of alkyl halides is 2. The number of benzene rings is 1. The van der Waals surface area contributed by atoms with E-state index >= 15 is 0 Å². The highest BCUT2D eigenvalue weighted by Crippen LogP contribution is 2.32. The molecule has 0 saturated heterocycles. The number of hydrogen-bond donors (Lipinski definition) is 0. The summed E-state index contributed by atoms with van der Waals surface area (Å²) < 4.78 is 6.65. The fourth-order valence-electron chi connectivity index (χ4n) is 4.01. The van der Waals surface area contributed by atoms with E-state index in [0.717, 1.165) is 5.75 Å². The summed E-state index contributed by atoms with van der Waals surface area (Å²) in [6.07, 6.45) is 23.3. The average Bonchev–Trinajstić information content (AvgIpc) is 2.75. The zero-order chi connectivity index (χ0) is 21.9. The van der Waals surface area contributed by atoms with Crippen molar-refractivity contribution in [1.29, 1.82) is 0 Å². The molecule has 0 spiro atoms. The molecule has 1 aromatic carbocycles. The third-order valence-electron chi connectivity index (χ3n) is 5.92. The van der Waals surface area contributed by atoms with Crippen LogP contribution in [0.3, 0.4) is 0 Å². The predicted molar refractivity (Wildman–Crippen MR) is 141 cm³/mol. The average molecular weight is 546 g/mol. The second-order valence-electron chi connectivity index (χ2n) is 8.79. The van der Waals surface area contributed by atoms with Crippen molar-refractivity contribution >= 4 is 31.9 Å². The Hall–Kier alpha value is -0.0200.